The molecule has 3 rings (SSSR count). The van der Waals surface area contributed by atoms with E-state index in [1.807, 2.05) is 0 Å². The molecule has 2 aromatic rings. The highest BCUT2D eigenvalue weighted by Crippen LogP contribution is 2.34. The van der Waals surface area contributed by atoms with Gasteiger partial charge in [0.05, 0.1) is 11.4 Å². The minimum absolute atomic E-state index is 0.172. The van der Waals surface area contributed by atoms with E-state index in [0.717, 1.165) is 28.9 Å². The van der Waals surface area contributed by atoms with Crippen molar-refractivity contribution in [2.45, 2.75) is 6.10 Å². The van der Waals surface area contributed by atoms with Gasteiger partial charge in [0.15, 0.2) is 22.1 Å². The molecule has 1 aliphatic rings. The Kier molecular flexibility index (Phi) is 6.20. The number of halogens is 2. The van der Waals surface area contributed by atoms with Crippen LogP contribution in [0.25, 0.3) is 17.2 Å². The van der Waals surface area contributed by atoms with Crippen LogP contribution in [0.1, 0.15) is 4.88 Å². The first kappa shape index (κ1) is 20.6. The van der Waals surface area contributed by atoms with Crippen molar-refractivity contribution < 1.29 is 28.6 Å². The summed E-state index contributed by atoms with van der Waals surface area (Å²) in [4.78, 5) is 24.1. The van der Waals surface area contributed by atoms with Crippen LogP contribution in [0.4, 0.5) is 8.78 Å². The summed E-state index contributed by atoms with van der Waals surface area (Å²) < 4.78 is 26.6. The number of aliphatic carboxylic acids is 1. The van der Waals surface area contributed by atoms with Crippen molar-refractivity contribution in [2.75, 3.05) is 6.54 Å². The van der Waals surface area contributed by atoms with E-state index in [2.05, 4.69) is 5.43 Å². The number of carboxylic acid groups (broad SMARTS) is 1. The number of hydrazine groups is 1. The Morgan fingerprint density at radius 1 is 1.29 bits per heavy atom. The highest BCUT2D eigenvalue weighted by atomic mass is 32.2. The van der Waals surface area contributed by atoms with Crippen molar-refractivity contribution in [3.05, 3.63) is 51.1 Å². The Morgan fingerprint density at radius 3 is 2.71 bits per heavy atom. The molecule has 1 amide bonds. The third-order valence-corrected chi connectivity index (χ3v) is 5.85. The fraction of sp³-hybridized carbons (Fsp3) is 0.118. The van der Waals surface area contributed by atoms with E-state index in [1.165, 1.54) is 17.4 Å². The molecule has 0 bridgehead atoms. The summed E-state index contributed by atoms with van der Waals surface area (Å²) in [7, 11) is 0. The second kappa shape index (κ2) is 8.45. The molecule has 0 radical (unpaired) electrons. The molecule has 0 aliphatic carbocycles. The number of aliphatic hydroxyl groups excluding tert-OH is 1. The van der Waals surface area contributed by atoms with Gasteiger partial charge in [-0.05, 0) is 40.8 Å². The summed E-state index contributed by atoms with van der Waals surface area (Å²) in [5.74, 6) is -3.77. The smallest absolute Gasteiger partial charge is 0.333 e. The molecule has 1 fully saturated rings. The Bertz CT molecular complexity index is 993. The first-order valence-corrected chi connectivity index (χ1v) is 9.83. The van der Waals surface area contributed by atoms with E-state index < -0.39 is 29.6 Å². The number of thiophene rings is 1. The van der Waals surface area contributed by atoms with Crippen LogP contribution >= 0.6 is 35.3 Å². The highest BCUT2D eigenvalue weighted by Gasteiger charge is 2.33. The van der Waals surface area contributed by atoms with Gasteiger partial charge in [-0.2, -0.15) is 0 Å². The van der Waals surface area contributed by atoms with Crippen LogP contribution in [0.5, 0.6) is 0 Å². The average molecular weight is 442 g/mol. The van der Waals surface area contributed by atoms with Gasteiger partial charge in [-0.1, -0.05) is 30.0 Å². The number of carbonyl (C=O) groups is 2. The number of nitrogens with one attached hydrogen (secondary N) is 1. The van der Waals surface area contributed by atoms with Gasteiger partial charge in [-0.3, -0.25) is 4.79 Å². The molecule has 1 atom stereocenters. The second-order valence-electron chi connectivity index (χ2n) is 5.60. The number of hydrogen-bond donors (Lipinski definition) is 3. The predicted molar refractivity (Wildman–Crippen MR) is 106 cm³/mol. The first-order chi connectivity index (χ1) is 13.3. The van der Waals surface area contributed by atoms with Gasteiger partial charge in [0.1, 0.15) is 0 Å². The largest absolute Gasteiger partial charge is 0.479 e. The number of carboxylic acids is 1. The maximum atomic E-state index is 13.4. The fourth-order valence-corrected chi connectivity index (χ4v) is 4.38. The molecule has 2 heterocycles. The summed E-state index contributed by atoms with van der Waals surface area (Å²) in [5.41, 5.74) is 3.68. The minimum atomic E-state index is -1.68. The third-order valence-electron chi connectivity index (χ3n) is 3.67. The van der Waals surface area contributed by atoms with Gasteiger partial charge in [-0.25, -0.2) is 24.0 Å². The highest BCUT2D eigenvalue weighted by molar-refractivity contribution is 8.26. The SMILES string of the molecule is O=C(O)C(O)CNN1C(=O)/C(=C/c2cc(-c3ccc(F)c(F)c3)cs2)SC1=S. The Morgan fingerprint density at radius 2 is 2.04 bits per heavy atom. The van der Waals surface area contributed by atoms with E-state index >= 15 is 0 Å². The molecule has 3 N–H and O–H groups in total. The van der Waals surface area contributed by atoms with Crippen molar-refractivity contribution in [1.29, 1.82) is 0 Å². The lowest BCUT2D eigenvalue weighted by Gasteiger charge is -2.16. The Hall–Kier alpha value is -2.18. The quantitative estimate of drug-likeness (QED) is 0.468. The van der Waals surface area contributed by atoms with Crippen LogP contribution in [0.15, 0.2) is 34.6 Å². The first-order valence-electron chi connectivity index (χ1n) is 7.72. The number of nitrogens with zero attached hydrogens (tertiary/aromatic N) is 1. The van der Waals surface area contributed by atoms with Crippen molar-refractivity contribution in [1.82, 2.24) is 10.4 Å². The molecule has 146 valence electrons. The second-order valence-corrected chi connectivity index (χ2v) is 8.22. The van der Waals surface area contributed by atoms with Gasteiger partial charge in [0, 0.05) is 4.88 Å². The lowest BCUT2D eigenvalue weighted by atomic mass is 10.1. The van der Waals surface area contributed by atoms with Crippen LogP contribution in [0.2, 0.25) is 0 Å². The molecule has 1 aromatic carbocycles. The molecular formula is C17H12F2N2O4S3. The number of carbonyl (C=O) groups excluding carboxylic acids is 1. The summed E-state index contributed by atoms with van der Waals surface area (Å²) >= 11 is 7.43. The number of thioether (sulfide) groups is 1. The van der Waals surface area contributed by atoms with E-state index in [-0.39, 0.29) is 10.9 Å². The molecule has 1 saturated heterocycles. The number of amides is 1. The standard InChI is InChI=1S/C17H12F2N2O4S3/c18-11-2-1-8(4-12(11)19)9-3-10(27-7-9)5-14-15(23)21(17(26)28-14)20-6-13(22)16(24)25/h1-5,7,13,20,22H,6H2,(H,24,25)/b14-5-. The number of thiocarbonyl (C=S) groups is 1. The minimum Gasteiger partial charge on any atom is -0.479 e. The predicted octanol–water partition coefficient (Wildman–Crippen LogP) is 2.84. The lowest BCUT2D eigenvalue weighted by Crippen LogP contribution is -2.46. The number of hydrogen-bond acceptors (Lipinski definition) is 7. The molecule has 28 heavy (non-hydrogen) atoms. The van der Waals surface area contributed by atoms with Gasteiger partial charge >= 0.3 is 5.97 Å². The molecule has 1 aromatic heterocycles. The van der Waals surface area contributed by atoms with Crippen LogP contribution in [-0.4, -0.2) is 44.1 Å². The number of aliphatic hydroxyl groups is 1. The molecule has 1 unspecified atom stereocenters. The molecule has 0 saturated carbocycles. The molecule has 1 aliphatic heterocycles. The van der Waals surface area contributed by atoms with Gasteiger partial charge in [0.25, 0.3) is 5.91 Å². The van der Waals surface area contributed by atoms with E-state index in [0.29, 0.717) is 20.9 Å². The maximum absolute atomic E-state index is 13.4. The summed E-state index contributed by atoms with van der Waals surface area (Å²) in [6, 6.07) is 5.33. The van der Waals surface area contributed by atoms with Crippen molar-refractivity contribution in [3.8, 4) is 11.1 Å². The molecule has 6 nitrogen and oxygen atoms in total. The van der Waals surface area contributed by atoms with Crippen LogP contribution < -0.4 is 5.43 Å². The topological polar surface area (TPSA) is 89.9 Å². The average Bonchev–Trinajstić information content (AvgIpc) is 3.21. The summed E-state index contributed by atoms with van der Waals surface area (Å²) in [6.07, 6.45) is -0.0765. The molecule has 11 heteroatoms. The zero-order valence-corrected chi connectivity index (χ0v) is 16.3. The van der Waals surface area contributed by atoms with E-state index in [1.54, 1.807) is 17.5 Å². The van der Waals surface area contributed by atoms with Crippen LogP contribution in [0.3, 0.4) is 0 Å². The van der Waals surface area contributed by atoms with Gasteiger partial charge < -0.3 is 10.2 Å². The van der Waals surface area contributed by atoms with E-state index in [4.69, 9.17) is 17.3 Å². The van der Waals surface area contributed by atoms with Crippen LogP contribution in [0, 0.1) is 11.6 Å². The van der Waals surface area contributed by atoms with E-state index in [9.17, 15) is 23.5 Å². The summed E-state index contributed by atoms with van der Waals surface area (Å²) in [5, 5.41) is 20.7. The lowest BCUT2D eigenvalue weighted by molar-refractivity contribution is -0.147. The molecular weight excluding hydrogens is 430 g/mol. The summed E-state index contributed by atoms with van der Waals surface area (Å²) in [6.45, 7) is -0.381. The normalized spacial score (nSPS) is 16.8. The van der Waals surface area contributed by atoms with Crippen molar-refractivity contribution in [2.24, 2.45) is 0 Å². The van der Waals surface area contributed by atoms with Crippen molar-refractivity contribution >= 4 is 57.6 Å². The number of benzene rings is 1. The maximum Gasteiger partial charge on any atom is 0.333 e. The van der Waals surface area contributed by atoms with Crippen LogP contribution in [-0.2, 0) is 9.59 Å². The Labute approximate surface area is 171 Å². The fourth-order valence-electron chi connectivity index (χ4n) is 2.25. The Balaban J connectivity index is 1.74. The zero-order chi connectivity index (χ0) is 20.4. The molecule has 0 spiro atoms. The monoisotopic (exact) mass is 442 g/mol. The van der Waals surface area contributed by atoms with Gasteiger partial charge in [0.2, 0.25) is 0 Å². The zero-order valence-electron chi connectivity index (χ0n) is 13.9. The third kappa shape index (κ3) is 4.45. The van der Waals surface area contributed by atoms with Gasteiger partial charge in [-0.15, -0.1) is 11.3 Å². The number of rotatable bonds is 6. The van der Waals surface area contributed by atoms with Crippen molar-refractivity contribution in [3.63, 3.8) is 0 Å².